The Balaban J connectivity index is 1.90. The van der Waals surface area contributed by atoms with Crippen molar-refractivity contribution in [1.29, 1.82) is 0 Å². The molecule has 0 bridgehead atoms. The summed E-state index contributed by atoms with van der Waals surface area (Å²) >= 11 is 1.44. The first-order valence-corrected chi connectivity index (χ1v) is 8.25. The second-order valence-corrected chi connectivity index (χ2v) is 6.93. The van der Waals surface area contributed by atoms with Crippen molar-refractivity contribution >= 4 is 17.3 Å². The van der Waals surface area contributed by atoms with E-state index in [9.17, 15) is 9.90 Å². The molecule has 4 heteroatoms. The van der Waals surface area contributed by atoms with Crippen molar-refractivity contribution in [1.82, 2.24) is 4.98 Å². The number of aryl methyl sites for hydroxylation is 1. The molecular weight excluding hydrogens is 258 g/mol. The fraction of sp³-hybridized carbons (Fsp3) is 0.733. The van der Waals surface area contributed by atoms with Gasteiger partial charge in [0.05, 0.1) is 10.7 Å². The largest absolute Gasteiger partial charge is 0.477 e. The third kappa shape index (κ3) is 2.31. The molecule has 0 aliphatic heterocycles. The summed E-state index contributed by atoms with van der Waals surface area (Å²) in [4.78, 5) is 16.5. The summed E-state index contributed by atoms with van der Waals surface area (Å²) in [5.74, 6) is 1.28. The third-order valence-corrected chi connectivity index (χ3v) is 6.03. The maximum absolute atomic E-state index is 11.3. The molecule has 0 spiro atoms. The van der Waals surface area contributed by atoms with E-state index < -0.39 is 5.97 Å². The van der Waals surface area contributed by atoms with E-state index in [1.54, 1.807) is 0 Å². The van der Waals surface area contributed by atoms with E-state index in [0.29, 0.717) is 10.8 Å². The van der Waals surface area contributed by atoms with Crippen molar-refractivity contribution in [3.8, 4) is 0 Å². The molecule has 3 nitrogen and oxygen atoms in total. The second kappa shape index (κ2) is 5.23. The number of aromatic carboxylic acids is 1. The number of carboxylic acid groups (broad SMARTS) is 1. The van der Waals surface area contributed by atoms with Crippen LogP contribution in [0.25, 0.3) is 0 Å². The lowest BCUT2D eigenvalue weighted by atomic mass is 9.65. The quantitative estimate of drug-likeness (QED) is 0.883. The van der Waals surface area contributed by atoms with Crippen molar-refractivity contribution in [2.45, 2.75) is 57.8 Å². The van der Waals surface area contributed by atoms with Gasteiger partial charge in [-0.1, -0.05) is 19.8 Å². The van der Waals surface area contributed by atoms with E-state index in [4.69, 9.17) is 4.98 Å². The molecule has 0 aromatic carbocycles. The average molecular weight is 279 g/mol. The van der Waals surface area contributed by atoms with Crippen LogP contribution in [0.5, 0.6) is 0 Å². The SMILES string of the molecule is CCc1nc(C(C2CCC2)C2CCC2)sc1C(=O)O. The Morgan fingerprint density at radius 1 is 1.32 bits per heavy atom. The van der Waals surface area contributed by atoms with Gasteiger partial charge in [0.1, 0.15) is 4.88 Å². The Morgan fingerprint density at radius 3 is 2.21 bits per heavy atom. The van der Waals surface area contributed by atoms with Gasteiger partial charge in [0.2, 0.25) is 0 Å². The van der Waals surface area contributed by atoms with Gasteiger partial charge in [-0.25, -0.2) is 9.78 Å². The number of thiazole rings is 1. The zero-order valence-corrected chi connectivity index (χ0v) is 12.2. The molecule has 0 amide bonds. The first-order chi connectivity index (χ1) is 9.20. The summed E-state index contributed by atoms with van der Waals surface area (Å²) in [5.41, 5.74) is 0.788. The molecule has 1 aromatic rings. The van der Waals surface area contributed by atoms with Gasteiger partial charge >= 0.3 is 5.97 Å². The Kier molecular flexibility index (Phi) is 3.61. The molecule has 1 heterocycles. The zero-order chi connectivity index (χ0) is 13.4. The van der Waals surface area contributed by atoms with Crippen LogP contribution in [0, 0.1) is 11.8 Å². The number of carboxylic acids is 1. The maximum atomic E-state index is 11.3. The standard InChI is InChI=1S/C15H21NO2S/c1-2-11-13(15(17)18)19-14(16-11)12(9-5-3-6-9)10-7-4-8-10/h9-10,12H,2-8H2,1H3,(H,17,18). The third-order valence-electron chi connectivity index (χ3n) is 4.84. The molecule has 2 aliphatic rings. The van der Waals surface area contributed by atoms with Crippen LogP contribution in [0.3, 0.4) is 0 Å². The Hall–Kier alpha value is -0.900. The van der Waals surface area contributed by atoms with Crippen LogP contribution < -0.4 is 0 Å². The fourth-order valence-electron chi connectivity index (χ4n) is 3.31. The van der Waals surface area contributed by atoms with Crippen LogP contribution >= 0.6 is 11.3 Å². The van der Waals surface area contributed by atoms with Crippen LogP contribution in [0.15, 0.2) is 0 Å². The number of nitrogens with zero attached hydrogens (tertiary/aromatic N) is 1. The lowest BCUT2D eigenvalue weighted by Gasteiger charge is -2.41. The van der Waals surface area contributed by atoms with Crippen molar-refractivity contribution < 1.29 is 9.90 Å². The van der Waals surface area contributed by atoms with E-state index >= 15 is 0 Å². The summed E-state index contributed by atoms with van der Waals surface area (Å²) in [6, 6.07) is 0. The van der Waals surface area contributed by atoms with Crippen molar-refractivity contribution in [3.63, 3.8) is 0 Å². The topological polar surface area (TPSA) is 50.2 Å². The van der Waals surface area contributed by atoms with E-state index in [0.717, 1.165) is 29.0 Å². The molecule has 19 heavy (non-hydrogen) atoms. The fourth-order valence-corrected chi connectivity index (χ4v) is 4.59. The average Bonchev–Trinajstić information content (AvgIpc) is 2.66. The van der Waals surface area contributed by atoms with Gasteiger partial charge in [-0.05, 0) is 43.9 Å². The minimum atomic E-state index is -0.804. The molecule has 1 aromatic heterocycles. The number of carbonyl (C=O) groups is 1. The van der Waals surface area contributed by atoms with E-state index in [2.05, 4.69) is 0 Å². The van der Waals surface area contributed by atoms with Gasteiger partial charge in [0.15, 0.2) is 0 Å². The summed E-state index contributed by atoms with van der Waals surface area (Å²) in [5, 5.41) is 10.4. The van der Waals surface area contributed by atoms with Gasteiger partial charge in [-0.2, -0.15) is 0 Å². The van der Waals surface area contributed by atoms with Crippen molar-refractivity contribution in [2.75, 3.05) is 0 Å². The number of hydrogen-bond acceptors (Lipinski definition) is 3. The highest BCUT2D eigenvalue weighted by atomic mass is 32.1. The summed E-state index contributed by atoms with van der Waals surface area (Å²) in [6.07, 6.45) is 8.64. The van der Waals surface area contributed by atoms with Gasteiger partial charge in [-0.3, -0.25) is 0 Å². The molecule has 0 radical (unpaired) electrons. The maximum Gasteiger partial charge on any atom is 0.347 e. The monoisotopic (exact) mass is 279 g/mol. The molecule has 1 N–H and O–H groups in total. The van der Waals surface area contributed by atoms with Crippen LogP contribution in [0.1, 0.15) is 71.7 Å². The normalized spacial score (nSPS) is 20.3. The molecule has 104 valence electrons. The molecule has 0 unspecified atom stereocenters. The smallest absolute Gasteiger partial charge is 0.347 e. The Bertz CT molecular complexity index is 460. The van der Waals surface area contributed by atoms with Gasteiger partial charge in [0, 0.05) is 5.92 Å². The molecule has 0 atom stereocenters. The van der Waals surface area contributed by atoms with Crippen LogP contribution in [-0.4, -0.2) is 16.1 Å². The molecule has 2 aliphatic carbocycles. The minimum absolute atomic E-state index is 0.473. The number of aromatic nitrogens is 1. The van der Waals surface area contributed by atoms with Gasteiger partial charge in [-0.15, -0.1) is 11.3 Å². The summed E-state index contributed by atoms with van der Waals surface area (Å²) in [7, 11) is 0. The number of hydrogen-bond donors (Lipinski definition) is 1. The van der Waals surface area contributed by atoms with E-state index in [-0.39, 0.29) is 0 Å². The Morgan fingerprint density at radius 2 is 1.89 bits per heavy atom. The number of rotatable bonds is 5. The first-order valence-electron chi connectivity index (χ1n) is 7.43. The summed E-state index contributed by atoms with van der Waals surface area (Å²) < 4.78 is 0. The Labute approximate surface area is 118 Å². The lowest BCUT2D eigenvalue weighted by molar-refractivity contribution is 0.0701. The minimum Gasteiger partial charge on any atom is -0.477 e. The van der Waals surface area contributed by atoms with E-state index in [1.807, 2.05) is 6.92 Å². The molecular formula is C15H21NO2S. The lowest BCUT2D eigenvalue weighted by Crippen LogP contribution is -2.30. The predicted molar refractivity (Wildman–Crippen MR) is 75.9 cm³/mol. The summed E-state index contributed by atoms with van der Waals surface area (Å²) in [6.45, 7) is 1.99. The van der Waals surface area contributed by atoms with Crippen molar-refractivity contribution in [2.24, 2.45) is 11.8 Å². The highest BCUT2D eigenvalue weighted by molar-refractivity contribution is 7.13. The highest BCUT2D eigenvalue weighted by Gasteiger charge is 2.39. The van der Waals surface area contributed by atoms with Gasteiger partial charge < -0.3 is 5.11 Å². The zero-order valence-electron chi connectivity index (χ0n) is 11.4. The molecule has 0 saturated heterocycles. The predicted octanol–water partition coefficient (Wildman–Crippen LogP) is 4.09. The van der Waals surface area contributed by atoms with Crippen molar-refractivity contribution in [3.05, 3.63) is 15.6 Å². The molecule has 2 saturated carbocycles. The van der Waals surface area contributed by atoms with Gasteiger partial charge in [0.25, 0.3) is 0 Å². The molecule has 3 rings (SSSR count). The van der Waals surface area contributed by atoms with Crippen LogP contribution in [0.4, 0.5) is 0 Å². The van der Waals surface area contributed by atoms with Crippen LogP contribution in [0.2, 0.25) is 0 Å². The second-order valence-electron chi connectivity index (χ2n) is 5.89. The molecule has 2 fully saturated rings. The van der Waals surface area contributed by atoms with E-state index in [1.165, 1.54) is 49.9 Å². The van der Waals surface area contributed by atoms with Crippen LogP contribution in [-0.2, 0) is 6.42 Å². The highest BCUT2D eigenvalue weighted by Crippen LogP contribution is 2.50. The first kappa shape index (κ1) is 13.1.